The van der Waals surface area contributed by atoms with Crippen molar-refractivity contribution in [1.82, 2.24) is 4.72 Å². The van der Waals surface area contributed by atoms with Gasteiger partial charge in [-0.3, -0.25) is 0 Å². The van der Waals surface area contributed by atoms with Crippen LogP contribution < -0.4 is 4.72 Å². The van der Waals surface area contributed by atoms with Gasteiger partial charge in [-0.1, -0.05) is 0 Å². The molecule has 0 aliphatic heterocycles. The summed E-state index contributed by atoms with van der Waals surface area (Å²) in [5.41, 5.74) is 0. The van der Waals surface area contributed by atoms with E-state index in [0.29, 0.717) is 13.0 Å². The number of furan rings is 1. The molecule has 0 saturated heterocycles. The Morgan fingerprint density at radius 3 is 2.68 bits per heavy atom. The van der Waals surface area contributed by atoms with Crippen molar-refractivity contribution in [1.29, 1.82) is 0 Å². The molecule has 0 aliphatic rings. The zero-order valence-electron chi connectivity index (χ0n) is 11.0. The number of aromatic carboxylic acids is 1. The largest absolute Gasteiger partial charge is 0.475 e. The van der Waals surface area contributed by atoms with Crippen LogP contribution in [0.5, 0.6) is 0 Å². The van der Waals surface area contributed by atoms with E-state index in [0.717, 1.165) is 6.07 Å². The Balaban J connectivity index is 2.91. The number of carboxylic acids is 1. The van der Waals surface area contributed by atoms with Crippen molar-refractivity contribution >= 4 is 16.0 Å². The van der Waals surface area contributed by atoms with Gasteiger partial charge in [-0.25, -0.2) is 17.9 Å². The third-order valence-corrected chi connectivity index (χ3v) is 4.18. The minimum atomic E-state index is -3.80. The molecule has 1 aromatic heterocycles. The standard InChI is InChI=1S/C11H17NO6S/c1-7(4-5-17-3)12-19(15,16)10-6-9(11(13)14)18-8(10)2/h6-7,12H,4-5H2,1-3H3,(H,13,14). The summed E-state index contributed by atoms with van der Waals surface area (Å²) in [6, 6.07) is 0.677. The van der Waals surface area contributed by atoms with Crippen molar-refractivity contribution in [2.45, 2.75) is 31.2 Å². The molecule has 1 rings (SSSR count). The van der Waals surface area contributed by atoms with Crippen molar-refractivity contribution in [2.75, 3.05) is 13.7 Å². The maximum absolute atomic E-state index is 12.1. The van der Waals surface area contributed by atoms with Gasteiger partial charge < -0.3 is 14.3 Å². The number of hydrogen-bond donors (Lipinski definition) is 2. The highest BCUT2D eigenvalue weighted by molar-refractivity contribution is 7.89. The predicted molar refractivity (Wildman–Crippen MR) is 66.7 cm³/mol. The van der Waals surface area contributed by atoms with Crippen LogP contribution in [0.2, 0.25) is 0 Å². The first-order valence-corrected chi connectivity index (χ1v) is 7.11. The Labute approximate surface area is 111 Å². The highest BCUT2D eigenvalue weighted by Crippen LogP contribution is 2.20. The van der Waals surface area contributed by atoms with Gasteiger partial charge in [0.2, 0.25) is 15.8 Å². The van der Waals surface area contributed by atoms with Gasteiger partial charge in [-0.15, -0.1) is 0 Å². The Morgan fingerprint density at radius 2 is 2.21 bits per heavy atom. The minimum absolute atomic E-state index is 0.0452. The second kappa shape index (κ2) is 6.18. The van der Waals surface area contributed by atoms with E-state index in [4.69, 9.17) is 14.3 Å². The summed E-state index contributed by atoms with van der Waals surface area (Å²) >= 11 is 0. The molecule has 1 heterocycles. The molecule has 0 aromatic carbocycles. The van der Waals surface area contributed by atoms with Crippen LogP contribution in [0.1, 0.15) is 29.7 Å². The molecule has 7 nitrogen and oxygen atoms in total. The Kier molecular flexibility index (Phi) is 5.10. The monoisotopic (exact) mass is 291 g/mol. The molecule has 8 heteroatoms. The number of hydrogen-bond acceptors (Lipinski definition) is 5. The number of carbonyl (C=O) groups is 1. The van der Waals surface area contributed by atoms with E-state index in [1.165, 1.54) is 14.0 Å². The van der Waals surface area contributed by atoms with Gasteiger partial charge >= 0.3 is 5.97 Å². The van der Waals surface area contributed by atoms with Crippen molar-refractivity contribution in [3.8, 4) is 0 Å². The second-order valence-electron chi connectivity index (χ2n) is 4.14. The summed E-state index contributed by atoms with van der Waals surface area (Å²) < 4.78 is 36.3. The predicted octanol–water partition coefficient (Wildman–Crippen LogP) is 0.990. The molecule has 108 valence electrons. The molecule has 19 heavy (non-hydrogen) atoms. The average Bonchev–Trinajstić information content (AvgIpc) is 2.69. The lowest BCUT2D eigenvalue weighted by molar-refractivity contribution is 0.0661. The van der Waals surface area contributed by atoms with Crippen molar-refractivity contribution < 1.29 is 27.5 Å². The van der Waals surface area contributed by atoms with Gasteiger partial charge in [0.25, 0.3) is 0 Å². The highest BCUT2D eigenvalue weighted by atomic mass is 32.2. The second-order valence-corrected chi connectivity index (χ2v) is 5.82. The lowest BCUT2D eigenvalue weighted by Crippen LogP contribution is -2.33. The SMILES string of the molecule is COCCC(C)NS(=O)(=O)c1cc(C(=O)O)oc1C. The van der Waals surface area contributed by atoms with Crippen LogP contribution in [0.25, 0.3) is 0 Å². The minimum Gasteiger partial charge on any atom is -0.475 e. The molecule has 0 radical (unpaired) electrons. The first-order valence-electron chi connectivity index (χ1n) is 5.63. The molecule has 0 amide bonds. The molecule has 0 saturated carbocycles. The van der Waals surface area contributed by atoms with E-state index in [-0.39, 0.29) is 16.7 Å². The van der Waals surface area contributed by atoms with E-state index >= 15 is 0 Å². The van der Waals surface area contributed by atoms with Crippen LogP contribution >= 0.6 is 0 Å². The van der Waals surface area contributed by atoms with Crippen LogP contribution in [0.3, 0.4) is 0 Å². The summed E-state index contributed by atoms with van der Waals surface area (Å²) in [4.78, 5) is 10.6. The zero-order valence-corrected chi connectivity index (χ0v) is 11.8. The molecule has 1 atom stereocenters. The lowest BCUT2D eigenvalue weighted by Gasteiger charge is -2.12. The van der Waals surface area contributed by atoms with Gasteiger partial charge in [0.15, 0.2) is 0 Å². The van der Waals surface area contributed by atoms with Gasteiger partial charge in [-0.05, 0) is 20.3 Å². The lowest BCUT2D eigenvalue weighted by atomic mass is 10.3. The van der Waals surface area contributed by atoms with Gasteiger partial charge in [0.1, 0.15) is 10.7 Å². The van der Waals surface area contributed by atoms with Gasteiger partial charge in [0.05, 0.1) is 0 Å². The number of rotatable bonds is 7. The number of nitrogens with one attached hydrogen (secondary N) is 1. The molecular weight excluding hydrogens is 274 g/mol. The van der Waals surface area contributed by atoms with Gasteiger partial charge in [-0.2, -0.15) is 0 Å². The molecule has 0 spiro atoms. The third-order valence-electron chi connectivity index (χ3n) is 2.48. The summed E-state index contributed by atoms with van der Waals surface area (Å²) in [6.45, 7) is 3.53. The fourth-order valence-electron chi connectivity index (χ4n) is 1.52. The van der Waals surface area contributed by atoms with E-state index < -0.39 is 21.8 Å². The maximum atomic E-state index is 12.1. The van der Waals surface area contributed by atoms with E-state index in [1.54, 1.807) is 6.92 Å². The van der Waals surface area contributed by atoms with Crippen molar-refractivity contribution in [3.63, 3.8) is 0 Å². The topological polar surface area (TPSA) is 106 Å². The van der Waals surface area contributed by atoms with Crippen LogP contribution in [0.15, 0.2) is 15.4 Å². The molecule has 0 aliphatic carbocycles. The summed E-state index contributed by atoms with van der Waals surface area (Å²) in [5.74, 6) is -1.66. The number of aryl methyl sites for hydroxylation is 1. The normalized spacial score (nSPS) is 13.4. The quantitative estimate of drug-likeness (QED) is 0.776. The molecule has 1 unspecified atom stereocenters. The summed E-state index contributed by atoms with van der Waals surface area (Å²) in [6.07, 6.45) is 0.512. The number of methoxy groups -OCH3 is 1. The molecule has 2 N–H and O–H groups in total. The number of sulfonamides is 1. The fraction of sp³-hybridized carbons (Fsp3) is 0.545. The van der Waals surface area contributed by atoms with Crippen LogP contribution in [0, 0.1) is 6.92 Å². The van der Waals surface area contributed by atoms with Crippen molar-refractivity contribution in [3.05, 3.63) is 17.6 Å². The van der Waals surface area contributed by atoms with Crippen LogP contribution in [-0.2, 0) is 14.8 Å². The number of carboxylic acid groups (broad SMARTS) is 1. The Morgan fingerprint density at radius 1 is 1.58 bits per heavy atom. The van der Waals surface area contributed by atoms with Gasteiger partial charge in [0, 0.05) is 25.8 Å². The van der Waals surface area contributed by atoms with E-state index in [2.05, 4.69) is 4.72 Å². The first kappa shape index (κ1) is 15.7. The smallest absolute Gasteiger partial charge is 0.371 e. The average molecular weight is 291 g/mol. The zero-order chi connectivity index (χ0) is 14.6. The van der Waals surface area contributed by atoms with Crippen LogP contribution in [-0.4, -0.2) is 39.3 Å². The van der Waals surface area contributed by atoms with E-state index in [1.807, 2.05) is 0 Å². The highest BCUT2D eigenvalue weighted by Gasteiger charge is 2.25. The molecule has 1 aromatic rings. The third kappa shape index (κ3) is 4.05. The first-order chi connectivity index (χ1) is 8.77. The maximum Gasteiger partial charge on any atom is 0.371 e. The summed E-state index contributed by atoms with van der Waals surface area (Å²) in [5, 5.41) is 8.76. The Hall–Kier alpha value is -1.38. The summed E-state index contributed by atoms with van der Waals surface area (Å²) in [7, 11) is -2.27. The Bertz CT molecular complexity index is 548. The number of ether oxygens (including phenoxy) is 1. The fourth-order valence-corrected chi connectivity index (χ4v) is 2.98. The van der Waals surface area contributed by atoms with E-state index in [9.17, 15) is 13.2 Å². The van der Waals surface area contributed by atoms with Crippen LogP contribution in [0.4, 0.5) is 0 Å². The molecular formula is C11H17NO6S. The van der Waals surface area contributed by atoms with Crippen molar-refractivity contribution in [2.24, 2.45) is 0 Å². The molecule has 0 bridgehead atoms. The molecule has 0 fully saturated rings.